The van der Waals surface area contributed by atoms with Crippen LogP contribution in [0.25, 0.3) is 0 Å². The van der Waals surface area contributed by atoms with Crippen molar-refractivity contribution in [2.24, 2.45) is 0 Å². The largest absolute Gasteiger partial charge is 0.295 e. The lowest BCUT2D eigenvalue weighted by atomic mass is 10.1. The molecule has 0 aromatic heterocycles. The van der Waals surface area contributed by atoms with E-state index < -0.39 is 11.6 Å². The van der Waals surface area contributed by atoms with Crippen LogP contribution in [0.4, 0.5) is 8.78 Å². The number of nitrogens with zero attached hydrogens (tertiary/aromatic N) is 1. The van der Waals surface area contributed by atoms with Crippen LogP contribution in [0.15, 0.2) is 46.9 Å². The zero-order valence-electron chi connectivity index (χ0n) is 11.4. The first-order chi connectivity index (χ1) is 9.97. The molecule has 0 fully saturated rings. The van der Waals surface area contributed by atoms with Crippen LogP contribution in [0.2, 0.25) is 0 Å². The molecule has 2 aromatic rings. The maximum Gasteiger partial charge on any atom is 0.179 e. The Morgan fingerprint density at radius 2 is 1.90 bits per heavy atom. The number of hydrogen-bond acceptors (Lipinski definition) is 2. The van der Waals surface area contributed by atoms with E-state index in [1.54, 1.807) is 11.9 Å². The predicted octanol–water partition coefficient (Wildman–Crippen LogP) is 4.04. The number of ketones is 1. The minimum atomic E-state index is -0.825. The van der Waals surface area contributed by atoms with Crippen molar-refractivity contribution in [3.8, 4) is 0 Å². The zero-order chi connectivity index (χ0) is 15.4. The Kier molecular flexibility index (Phi) is 5.20. The van der Waals surface area contributed by atoms with Crippen LogP contribution in [0.5, 0.6) is 0 Å². The quantitative estimate of drug-likeness (QED) is 0.756. The lowest BCUT2D eigenvalue weighted by Gasteiger charge is -2.17. The molecule has 110 valence electrons. The predicted molar refractivity (Wildman–Crippen MR) is 81.2 cm³/mol. The molecule has 21 heavy (non-hydrogen) atoms. The average Bonchev–Trinajstić information content (AvgIpc) is 2.41. The second-order valence-electron chi connectivity index (χ2n) is 4.81. The van der Waals surface area contributed by atoms with E-state index in [1.807, 2.05) is 24.3 Å². The van der Waals surface area contributed by atoms with E-state index in [1.165, 1.54) is 6.07 Å². The normalized spacial score (nSPS) is 10.9. The summed E-state index contributed by atoms with van der Waals surface area (Å²) in [6.07, 6.45) is 0. The van der Waals surface area contributed by atoms with Gasteiger partial charge in [-0.15, -0.1) is 0 Å². The zero-order valence-corrected chi connectivity index (χ0v) is 13.0. The van der Waals surface area contributed by atoms with E-state index in [4.69, 9.17) is 0 Å². The second-order valence-corrected chi connectivity index (χ2v) is 5.67. The molecule has 0 heterocycles. The molecular weight excluding hydrogens is 340 g/mol. The van der Waals surface area contributed by atoms with Gasteiger partial charge in [0.1, 0.15) is 11.6 Å². The van der Waals surface area contributed by atoms with Gasteiger partial charge >= 0.3 is 0 Å². The highest BCUT2D eigenvalue weighted by Gasteiger charge is 2.15. The maximum atomic E-state index is 13.6. The molecule has 2 aromatic carbocycles. The van der Waals surface area contributed by atoms with Crippen LogP contribution < -0.4 is 0 Å². The van der Waals surface area contributed by atoms with Gasteiger partial charge in [-0.1, -0.05) is 34.1 Å². The van der Waals surface area contributed by atoms with Crippen LogP contribution in [-0.4, -0.2) is 24.3 Å². The van der Waals surface area contributed by atoms with Gasteiger partial charge in [-0.05, 0) is 30.8 Å². The first-order valence-corrected chi connectivity index (χ1v) is 7.17. The number of halogens is 3. The van der Waals surface area contributed by atoms with Gasteiger partial charge < -0.3 is 0 Å². The third-order valence-corrected chi connectivity index (χ3v) is 3.82. The summed E-state index contributed by atoms with van der Waals surface area (Å²) in [6.45, 7) is 0.611. The fourth-order valence-electron chi connectivity index (χ4n) is 2.02. The Hall–Kier alpha value is -1.59. The van der Waals surface area contributed by atoms with Crippen LogP contribution in [0.1, 0.15) is 15.9 Å². The Morgan fingerprint density at radius 1 is 1.19 bits per heavy atom. The highest BCUT2D eigenvalue weighted by Crippen LogP contribution is 2.18. The first-order valence-electron chi connectivity index (χ1n) is 6.37. The summed E-state index contributed by atoms with van der Waals surface area (Å²) in [4.78, 5) is 13.8. The van der Waals surface area contributed by atoms with E-state index in [2.05, 4.69) is 15.9 Å². The minimum Gasteiger partial charge on any atom is -0.295 e. The Labute approximate surface area is 130 Å². The van der Waals surface area contributed by atoms with Gasteiger partial charge in [0.15, 0.2) is 5.78 Å². The molecule has 0 saturated carbocycles. The molecule has 0 aliphatic carbocycles. The van der Waals surface area contributed by atoms with Crippen molar-refractivity contribution in [2.45, 2.75) is 6.54 Å². The highest BCUT2D eigenvalue weighted by atomic mass is 79.9. The van der Waals surface area contributed by atoms with Crippen molar-refractivity contribution in [2.75, 3.05) is 13.6 Å². The molecule has 2 nitrogen and oxygen atoms in total. The molecule has 0 amide bonds. The molecule has 0 N–H and O–H groups in total. The molecule has 0 atom stereocenters. The number of Topliss-reactive ketones (excluding diaryl/α,β-unsaturated/α-hetero) is 1. The molecule has 0 saturated heterocycles. The van der Waals surface area contributed by atoms with Crippen molar-refractivity contribution in [3.05, 3.63) is 69.7 Å². The average molecular weight is 354 g/mol. The Balaban J connectivity index is 2.04. The van der Waals surface area contributed by atoms with Crippen molar-refractivity contribution in [1.29, 1.82) is 0 Å². The molecule has 0 spiro atoms. The number of carbonyl (C=O) groups excluding carboxylic acids is 1. The van der Waals surface area contributed by atoms with Crippen molar-refractivity contribution < 1.29 is 13.6 Å². The molecular formula is C16H14BrF2NO. The summed E-state index contributed by atoms with van der Waals surface area (Å²) < 4.78 is 27.3. The van der Waals surface area contributed by atoms with Gasteiger partial charge in [0.2, 0.25) is 0 Å². The van der Waals surface area contributed by atoms with Gasteiger partial charge in [0, 0.05) is 17.1 Å². The van der Waals surface area contributed by atoms with E-state index in [0.717, 1.165) is 22.2 Å². The van der Waals surface area contributed by atoms with Crippen LogP contribution in [-0.2, 0) is 6.54 Å². The first kappa shape index (κ1) is 15.8. The van der Waals surface area contributed by atoms with Crippen LogP contribution in [0, 0.1) is 11.6 Å². The summed E-state index contributed by atoms with van der Waals surface area (Å²) in [5, 5.41) is 0. The van der Waals surface area contributed by atoms with Gasteiger partial charge in [-0.2, -0.15) is 0 Å². The smallest absolute Gasteiger partial charge is 0.179 e. The van der Waals surface area contributed by atoms with Crippen molar-refractivity contribution in [1.82, 2.24) is 4.90 Å². The minimum absolute atomic E-state index is 0.0594. The Bertz CT molecular complexity index is 660. The highest BCUT2D eigenvalue weighted by molar-refractivity contribution is 9.10. The third kappa shape index (κ3) is 4.19. The summed E-state index contributed by atoms with van der Waals surface area (Å²) in [7, 11) is 1.78. The number of likely N-dealkylation sites (N-methyl/N-ethyl adjacent to an activating group) is 1. The maximum absolute atomic E-state index is 13.6. The van der Waals surface area contributed by atoms with Crippen molar-refractivity contribution >= 4 is 21.7 Å². The fourth-order valence-corrected chi connectivity index (χ4v) is 2.43. The summed E-state index contributed by atoms with van der Waals surface area (Å²) >= 11 is 3.44. The lowest BCUT2D eigenvalue weighted by Crippen LogP contribution is -2.26. The van der Waals surface area contributed by atoms with Crippen molar-refractivity contribution in [3.63, 3.8) is 0 Å². The van der Waals surface area contributed by atoms with Gasteiger partial charge in [-0.3, -0.25) is 9.69 Å². The number of benzene rings is 2. The molecule has 2 rings (SSSR count). The Morgan fingerprint density at radius 3 is 2.57 bits per heavy atom. The van der Waals surface area contributed by atoms with Crippen LogP contribution >= 0.6 is 15.9 Å². The van der Waals surface area contributed by atoms with E-state index in [-0.39, 0.29) is 17.9 Å². The van der Waals surface area contributed by atoms with Gasteiger partial charge in [-0.25, -0.2) is 8.78 Å². The molecule has 0 bridgehead atoms. The summed E-state index contributed by atoms with van der Waals surface area (Å²) in [5.41, 5.74) is 0.947. The second kappa shape index (κ2) is 6.91. The number of rotatable bonds is 5. The fraction of sp³-hybridized carbons (Fsp3) is 0.188. The van der Waals surface area contributed by atoms with E-state index in [0.29, 0.717) is 6.54 Å². The SMILES string of the molecule is CN(CC(=O)c1ccc(F)cc1F)Cc1ccccc1Br. The number of hydrogen-bond donors (Lipinski definition) is 0. The van der Waals surface area contributed by atoms with E-state index >= 15 is 0 Å². The van der Waals surface area contributed by atoms with Crippen LogP contribution in [0.3, 0.4) is 0 Å². The van der Waals surface area contributed by atoms with E-state index in [9.17, 15) is 13.6 Å². The summed E-state index contributed by atoms with van der Waals surface area (Å²) in [5.74, 6) is -1.89. The number of carbonyl (C=O) groups is 1. The van der Waals surface area contributed by atoms with Gasteiger partial charge in [0.05, 0.1) is 12.1 Å². The van der Waals surface area contributed by atoms with Gasteiger partial charge in [0.25, 0.3) is 0 Å². The topological polar surface area (TPSA) is 20.3 Å². The molecule has 0 aliphatic heterocycles. The summed E-state index contributed by atoms with van der Waals surface area (Å²) in [6, 6.07) is 10.7. The molecule has 0 aliphatic rings. The monoisotopic (exact) mass is 353 g/mol. The lowest BCUT2D eigenvalue weighted by molar-refractivity contribution is 0.0939. The molecule has 0 radical (unpaired) electrons. The third-order valence-electron chi connectivity index (χ3n) is 3.04. The molecule has 5 heteroatoms. The standard InChI is InChI=1S/C16H14BrF2NO/c1-20(9-11-4-2-3-5-14(11)17)10-16(21)13-7-6-12(18)8-15(13)19/h2-8H,9-10H2,1H3. The molecule has 0 unspecified atom stereocenters.